The predicted molar refractivity (Wildman–Crippen MR) is 78.8 cm³/mol. The monoisotopic (exact) mass is 278 g/mol. The standard InChI is InChI=1S/C18H30O2/c19-18(20)13-6-7-15-12(10-13)5-9-16-14-3-1-2-11(14)4-8-17(15)16/h11-20H,1-10H2/t11-,12-,13?,14+,15-,16-,17+/m0/s1. The van der Waals surface area contributed by atoms with Gasteiger partial charge in [0, 0.05) is 5.92 Å². The Morgan fingerprint density at radius 1 is 0.600 bits per heavy atom. The predicted octanol–water partition coefficient (Wildman–Crippen LogP) is 3.57. The van der Waals surface area contributed by atoms with E-state index in [1.807, 2.05) is 0 Å². The molecule has 0 radical (unpaired) electrons. The Labute approximate surface area is 123 Å². The van der Waals surface area contributed by atoms with E-state index in [-0.39, 0.29) is 5.92 Å². The third-order valence-electron chi connectivity index (χ3n) is 7.61. The molecule has 2 nitrogen and oxygen atoms in total. The van der Waals surface area contributed by atoms with Crippen molar-refractivity contribution in [1.82, 2.24) is 0 Å². The minimum atomic E-state index is -1.07. The summed E-state index contributed by atoms with van der Waals surface area (Å²) in [6, 6.07) is 0. The molecule has 0 aliphatic heterocycles. The summed E-state index contributed by atoms with van der Waals surface area (Å²) in [6.45, 7) is 0. The van der Waals surface area contributed by atoms with Crippen LogP contribution in [-0.4, -0.2) is 16.5 Å². The molecule has 0 amide bonds. The molecule has 1 unspecified atom stereocenters. The van der Waals surface area contributed by atoms with E-state index in [9.17, 15) is 10.2 Å². The van der Waals surface area contributed by atoms with Gasteiger partial charge < -0.3 is 10.2 Å². The van der Waals surface area contributed by atoms with Crippen LogP contribution in [0.5, 0.6) is 0 Å². The van der Waals surface area contributed by atoms with Gasteiger partial charge in [0.2, 0.25) is 0 Å². The van der Waals surface area contributed by atoms with Crippen LogP contribution in [-0.2, 0) is 0 Å². The summed E-state index contributed by atoms with van der Waals surface area (Å²) in [5, 5.41) is 19.0. The highest BCUT2D eigenvalue weighted by Crippen LogP contribution is 2.58. The topological polar surface area (TPSA) is 40.5 Å². The molecule has 114 valence electrons. The second-order valence-electron chi connectivity index (χ2n) is 8.25. The molecule has 7 atom stereocenters. The number of fused-ring (bicyclic) bond motifs is 5. The van der Waals surface area contributed by atoms with Crippen LogP contribution in [0, 0.1) is 41.4 Å². The van der Waals surface area contributed by atoms with E-state index in [0.29, 0.717) is 0 Å². The summed E-state index contributed by atoms with van der Waals surface area (Å²) in [6.07, 6.45) is 12.7. The molecule has 2 N–H and O–H groups in total. The zero-order valence-corrected chi connectivity index (χ0v) is 12.6. The molecule has 4 fully saturated rings. The molecule has 4 saturated carbocycles. The van der Waals surface area contributed by atoms with E-state index in [1.165, 1.54) is 51.4 Å². The Morgan fingerprint density at radius 3 is 2.00 bits per heavy atom. The summed E-state index contributed by atoms with van der Waals surface area (Å²) >= 11 is 0. The van der Waals surface area contributed by atoms with Gasteiger partial charge in [0.25, 0.3) is 0 Å². The lowest BCUT2D eigenvalue weighted by Crippen LogP contribution is -2.45. The number of aliphatic hydroxyl groups is 2. The number of hydrogen-bond acceptors (Lipinski definition) is 2. The zero-order chi connectivity index (χ0) is 13.7. The maximum atomic E-state index is 9.48. The van der Waals surface area contributed by atoms with Gasteiger partial charge in [0.05, 0.1) is 0 Å². The molecule has 0 spiro atoms. The summed E-state index contributed by atoms with van der Waals surface area (Å²) < 4.78 is 0. The lowest BCUT2D eigenvalue weighted by atomic mass is 9.53. The van der Waals surface area contributed by atoms with Crippen LogP contribution in [0.1, 0.15) is 64.2 Å². The smallest absolute Gasteiger partial charge is 0.154 e. The second-order valence-corrected chi connectivity index (χ2v) is 8.25. The number of rotatable bonds is 1. The van der Waals surface area contributed by atoms with Gasteiger partial charge in [0.15, 0.2) is 6.29 Å². The van der Waals surface area contributed by atoms with Gasteiger partial charge in [-0.1, -0.05) is 12.8 Å². The Morgan fingerprint density at radius 2 is 1.25 bits per heavy atom. The van der Waals surface area contributed by atoms with E-state index >= 15 is 0 Å². The molecule has 4 rings (SSSR count). The normalized spacial score (nSPS) is 51.5. The molecule has 0 heterocycles. The van der Waals surface area contributed by atoms with Gasteiger partial charge in [-0.3, -0.25) is 0 Å². The van der Waals surface area contributed by atoms with Crippen molar-refractivity contribution in [2.45, 2.75) is 70.5 Å². The highest BCUT2D eigenvalue weighted by Gasteiger charge is 2.49. The third kappa shape index (κ3) is 2.14. The maximum absolute atomic E-state index is 9.48. The zero-order valence-electron chi connectivity index (χ0n) is 12.6. The van der Waals surface area contributed by atoms with Crippen molar-refractivity contribution in [1.29, 1.82) is 0 Å². The summed E-state index contributed by atoms with van der Waals surface area (Å²) in [5.74, 6) is 6.05. The Hall–Kier alpha value is -0.0800. The molecule has 20 heavy (non-hydrogen) atoms. The third-order valence-corrected chi connectivity index (χ3v) is 7.61. The van der Waals surface area contributed by atoms with Gasteiger partial charge in [-0.15, -0.1) is 0 Å². The Kier molecular flexibility index (Phi) is 3.58. The Bertz CT molecular complexity index is 353. The molecular weight excluding hydrogens is 248 g/mol. The van der Waals surface area contributed by atoms with Crippen LogP contribution in [0.2, 0.25) is 0 Å². The van der Waals surface area contributed by atoms with Crippen molar-refractivity contribution in [3.05, 3.63) is 0 Å². The van der Waals surface area contributed by atoms with E-state index in [1.54, 1.807) is 0 Å². The van der Waals surface area contributed by atoms with E-state index < -0.39 is 6.29 Å². The summed E-state index contributed by atoms with van der Waals surface area (Å²) in [4.78, 5) is 0. The minimum absolute atomic E-state index is 0.163. The maximum Gasteiger partial charge on any atom is 0.154 e. The van der Waals surface area contributed by atoms with Crippen LogP contribution in [0.4, 0.5) is 0 Å². The van der Waals surface area contributed by atoms with Crippen LogP contribution in [0.3, 0.4) is 0 Å². The molecule has 0 aromatic rings. The molecule has 4 aliphatic carbocycles. The van der Waals surface area contributed by atoms with Crippen LogP contribution in [0.25, 0.3) is 0 Å². The fourth-order valence-corrected chi connectivity index (χ4v) is 6.78. The summed E-state index contributed by atoms with van der Waals surface area (Å²) in [7, 11) is 0. The summed E-state index contributed by atoms with van der Waals surface area (Å²) in [5.41, 5.74) is 0. The van der Waals surface area contributed by atoms with E-state index in [2.05, 4.69) is 0 Å². The van der Waals surface area contributed by atoms with Gasteiger partial charge >= 0.3 is 0 Å². The average Bonchev–Trinajstić information content (AvgIpc) is 2.94. The van der Waals surface area contributed by atoms with Gasteiger partial charge in [-0.05, 0) is 86.9 Å². The van der Waals surface area contributed by atoms with Crippen molar-refractivity contribution in [3.8, 4) is 0 Å². The first-order valence-electron chi connectivity index (χ1n) is 9.10. The van der Waals surface area contributed by atoms with Crippen molar-refractivity contribution in [2.75, 3.05) is 0 Å². The number of hydrogen-bond donors (Lipinski definition) is 2. The van der Waals surface area contributed by atoms with Gasteiger partial charge in [0.1, 0.15) is 0 Å². The number of aliphatic hydroxyl groups excluding tert-OH is 1. The second kappa shape index (κ2) is 5.28. The fraction of sp³-hybridized carbons (Fsp3) is 1.00. The van der Waals surface area contributed by atoms with E-state index in [4.69, 9.17) is 0 Å². The van der Waals surface area contributed by atoms with Crippen molar-refractivity contribution in [2.24, 2.45) is 41.4 Å². The lowest BCUT2D eigenvalue weighted by molar-refractivity contribution is -0.118. The first-order valence-corrected chi connectivity index (χ1v) is 9.10. The average molecular weight is 278 g/mol. The molecule has 0 saturated heterocycles. The van der Waals surface area contributed by atoms with Gasteiger partial charge in [-0.2, -0.15) is 0 Å². The molecule has 0 aromatic heterocycles. The molecule has 2 heteroatoms. The quantitative estimate of drug-likeness (QED) is 0.720. The largest absolute Gasteiger partial charge is 0.368 e. The van der Waals surface area contributed by atoms with Crippen molar-refractivity contribution < 1.29 is 10.2 Å². The van der Waals surface area contributed by atoms with Crippen LogP contribution < -0.4 is 0 Å². The minimum Gasteiger partial charge on any atom is -0.368 e. The SMILES string of the molecule is OC(O)C1CC[C@H]2[C@@H](CC[C@@H]3[C@@H]2CC[C@@H]2CCC[C@H]23)C1. The molecular formula is C18H30O2. The van der Waals surface area contributed by atoms with Gasteiger partial charge in [-0.25, -0.2) is 0 Å². The molecule has 0 aromatic carbocycles. The lowest BCUT2D eigenvalue weighted by Gasteiger charge is -2.53. The highest BCUT2D eigenvalue weighted by molar-refractivity contribution is 4.99. The molecule has 4 aliphatic rings. The van der Waals surface area contributed by atoms with E-state index in [0.717, 1.165) is 48.3 Å². The van der Waals surface area contributed by atoms with Crippen molar-refractivity contribution >= 4 is 0 Å². The van der Waals surface area contributed by atoms with Crippen LogP contribution in [0.15, 0.2) is 0 Å². The fourth-order valence-electron chi connectivity index (χ4n) is 6.78. The highest BCUT2D eigenvalue weighted by atomic mass is 16.5. The first-order chi connectivity index (χ1) is 9.74. The Balaban J connectivity index is 1.48. The van der Waals surface area contributed by atoms with Crippen molar-refractivity contribution in [3.63, 3.8) is 0 Å². The van der Waals surface area contributed by atoms with Crippen LogP contribution >= 0.6 is 0 Å². The first kappa shape index (κ1) is 13.6. The molecule has 0 bridgehead atoms.